The molecule has 0 saturated carbocycles. The van der Waals surface area contributed by atoms with Gasteiger partial charge in [0.15, 0.2) is 11.5 Å². The monoisotopic (exact) mass is 385 g/mol. The first kappa shape index (κ1) is 18.4. The summed E-state index contributed by atoms with van der Waals surface area (Å²) >= 11 is 0. The number of aromatic amines is 1. The van der Waals surface area contributed by atoms with Crippen LogP contribution in [0.4, 0.5) is 0 Å². The number of nitrogens with zero attached hydrogens (tertiary/aromatic N) is 5. The van der Waals surface area contributed by atoms with E-state index in [0.29, 0.717) is 18.1 Å². The molecular weight excluding hydrogens is 366 g/mol. The lowest BCUT2D eigenvalue weighted by Gasteiger charge is -2.09. The van der Waals surface area contributed by atoms with Gasteiger partial charge in [-0.2, -0.15) is 5.10 Å². The number of amides is 1. The van der Waals surface area contributed by atoms with Gasteiger partial charge in [-0.3, -0.25) is 19.9 Å². The highest BCUT2D eigenvalue weighted by Gasteiger charge is 2.13. The second-order valence-electron chi connectivity index (χ2n) is 6.62. The Morgan fingerprint density at radius 1 is 1.03 bits per heavy atom. The lowest BCUT2D eigenvalue weighted by molar-refractivity contribution is 0.0946. The Kier molecular flexibility index (Phi) is 5.07. The van der Waals surface area contributed by atoms with Gasteiger partial charge in [0.2, 0.25) is 0 Å². The third-order valence-corrected chi connectivity index (χ3v) is 4.38. The summed E-state index contributed by atoms with van der Waals surface area (Å²) in [6, 6.07) is 9.32. The van der Waals surface area contributed by atoms with E-state index in [2.05, 4.69) is 35.5 Å². The molecule has 4 rings (SSSR count). The number of hydrogen-bond donors (Lipinski definition) is 2. The van der Waals surface area contributed by atoms with Gasteiger partial charge in [0.05, 0.1) is 5.69 Å². The molecule has 29 heavy (non-hydrogen) atoms. The number of nitrogens with one attached hydrogen (secondary N) is 2. The summed E-state index contributed by atoms with van der Waals surface area (Å²) in [5, 5.41) is 9.70. The Balaban J connectivity index is 1.43. The van der Waals surface area contributed by atoms with Crippen LogP contribution in [-0.2, 0) is 6.54 Å². The topological polar surface area (TPSA) is 109 Å². The molecular formula is C21H19N7O. The van der Waals surface area contributed by atoms with E-state index in [9.17, 15) is 4.79 Å². The van der Waals surface area contributed by atoms with Crippen LogP contribution in [0, 0.1) is 13.8 Å². The van der Waals surface area contributed by atoms with Gasteiger partial charge in [0, 0.05) is 48.7 Å². The molecule has 0 aliphatic carbocycles. The van der Waals surface area contributed by atoms with Crippen molar-refractivity contribution in [3.05, 3.63) is 77.6 Å². The number of hydrogen-bond acceptors (Lipinski definition) is 6. The maximum Gasteiger partial charge on any atom is 0.272 e. The second-order valence-corrected chi connectivity index (χ2v) is 6.62. The number of rotatable bonds is 5. The highest BCUT2D eigenvalue weighted by atomic mass is 16.1. The van der Waals surface area contributed by atoms with Crippen LogP contribution in [0.15, 0.2) is 55.1 Å². The number of H-pyrrole nitrogens is 1. The Hall–Kier alpha value is -3.94. The van der Waals surface area contributed by atoms with Crippen LogP contribution in [0.5, 0.6) is 0 Å². The number of pyridine rings is 2. The summed E-state index contributed by atoms with van der Waals surface area (Å²) in [7, 11) is 0. The first-order valence-corrected chi connectivity index (χ1v) is 9.10. The maximum atomic E-state index is 12.4. The molecule has 8 nitrogen and oxygen atoms in total. The molecule has 8 heteroatoms. The predicted octanol–water partition coefficient (Wildman–Crippen LogP) is 2.87. The first-order chi connectivity index (χ1) is 14.1. The normalized spacial score (nSPS) is 10.7. The molecule has 0 aliphatic heterocycles. The highest BCUT2D eigenvalue weighted by Crippen LogP contribution is 2.21. The Labute approximate surface area is 167 Å². The predicted molar refractivity (Wildman–Crippen MR) is 108 cm³/mol. The van der Waals surface area contributed by atoms with E-state index in [4.69, 9.17) is 0 Å². The van der Waals surface area contributed by atoms with E-state index in [1.165, 1.54) is 0 Å². The van der Waals surface area contributed by atoms with Crippen molar-refractivity contribution in [2.75, 3.05) is 0 Å². The molecule has 4 heterocycles. The molecule has 1 amide bonds. The summed E-state index contributed by atoms with van der Waals surface area (Å²) < 4.78 is 0. The van der Waals surface area contributed by atoms with E-state index in [0.717, 1.165) is 28.1 Å². The molecule has 4 aromatic rings. The van der Waals surface area contributed by atoms with Gasteiger partial charge in [-0.15, -0.1) is 0 Å². The quantitative estimate of drug-likeness (QED) is 0.547. The van der Waals surface area contributed by atoms with Crippen LogP contribution < -0.4 is 5.32 Å². The number of carbonyl (C=O) groups excluding carboxylic acids is 1. The third kappa shape index (κ3) is 4.16. The minimum absolute atomic E-state index is 0.279. The van der Waals surface area contributed by atoms with Gasteiger partial charge in [-0.25, -0.2) is 9.97 Å². The summed E-state index contributed by atoms with van der Waals surface area (Å²) in [6.07, 6.45) is 6.81. The summed E-state index contributed by atoms with van der Waals surface area (Å²) in [5.74, 6) is 0.204. The third-order valence-electron chi connectivity index (χ3n) is 4.38. The van der Waals surface area contributed by atoms with Gasteiger partial charge in [0.1, 0.15) is 5.69 Å². The molecule has 144 valence electrons. The maximum absolute atomic E-state index is 12.4. The van der Waals surface area contributed by atoms with Crippen molar-refractivity contribution in [2.45, 2.75) is 20.4 Å². The summed E-state index contributed by atoms with van der Waals surface area (Å²) in [6.45, 7) is 4.31. The second kappa shape index (κ2) is 7.97. The Bertz CT molecular complexity index is 1150. The van der Waals surface area contributed by atoms with Crippen LogP contribution in [0.3, 0.4) is 0 Å². The van der Waals surface area contributed by atoms with Crippen LogP contribution in [0.1, 0.15) is 27.3 Å². The van der Waals surface area contributed by atoms with Gasteiger partial charge in [0.25, 0.3) is 5.91 Å². The average molecular weight is 385 g/mol. The van der Waals surface area contributed by atoms with Gasteiger partial charge in [-0.1, -0.05) is 6.07 Å². The van der Waals surface area contributed by atoms with Crippen molar-refractivity contribution in [1.29, 1.82) is 0 Å². The largest absolute Gasteiger partial charge is 0.347 e. The van der Waals surface area contributed by atoms with E-state index in [1.807, 2.05) is 32.0 Å². The molecule has 2 N–H and O–H groups in total. The van der Waals surface area contributed by atoms with Crippen LogP contribution in [-0.4, -0.2) is 36.0 Å². The van der Waals surface area contributed by atoms with Crippen molar-refractivity contribution < 1.29 is 4.79 Å². The fourth-order valence-electron chi connectivity index (χ4n) is 2.99. The van der Waals surface area contributed by atoms with Crippen LogP contribution in [0.25, 0.3) is 22.8 Å². The van der Waals surface area contributed by atoms with Crippen molar-refractivity contribution in [3.63, 3.8) is 0 Å². The average Bonchev–Trinajstić information content (AvgIpc) is 3.23. The lowest BCUT2D eigenvalue weighted by atomic mass is 10.1. The molecule has 0 fully saturated rings. The first-order valence-electron chi connectivity index (χ1n) is 9.10. The molecule has 0 aliphatic rings. The van der Waals surface area contributed by atoms with E-state index in [1.54, 1.807) is 36.9 Å². The van der Waals surface area contributed by atoms with Crippen molar-refractivity contribution >= 4 is 5.91 Å². The van der Waals surface area contributed by atoms with Gasteiger partial charge >= 0.3 is 0 Å². The van der Waals surface area contributed by atoms with E-state index in [-0.39, 0.29) is 11.6 Å². The van der Waals surface area contributed by atoms with E-state index < -0.39 is 0 Å². The molecule has 0 radical (unpaired) electrons. The highest BCUT2D eigenvalue weighted by molar-refractivity contribution is 5.93. The zero-order valence-electron chi connectivity index (χ0n) is 16.0. The van der Waals surface area contributed by atoms with Crippen LogP contribution >= 0.6 is 0 Å². The van der Waals surface area contributed by atoms with E-state index >= 15 is 0 Å². The van der Waals surface area contributed by atoms with Gasteiger partial charge in [-0.05, 0) is 43.2 Å². The molecule has 0 saturated heterocycles. The summed E-state index contributed by atoms with van der Waals surface area (Å²) in [4.78, 5) is 29.5. The van der Waals surface area contributed by atoms with Crippen molar-refractivity contribution in [1.82, 2.24) is 35.5 Å². The fourth-order valence-corrected chi connectivity index (χ4v) is 2.99. The minimum Gasteiger partial charge on any atom is -0.347 e. The molecule has 4 aromatic heterocycles. The smallest absolute Gasteiger partial charge is 0.272 e. The van der Waals surface area contributed by atoms with Crippen LogP contribution in [0.2, 0.25) is 0 Å². The molecule has 0 spiro atoms. The Morgan fingerprint density at radius 2 is 1.86 bits per heavy atom. The zero-order valence-corrected chi connectivity index (χ0v) is 16.0. The molecule has 0 aromatic carbocycles. The summed E-state index contributed by atoms with van der Waals surface area (Å²) in [5.41, 5.74) is 5.69. The molecule has 0 unspecified atom stereocenters. The van der Waals surface area contributed by atoms with Gasteiger partial charge < -0.3 is 5.32 Å². The minimum atomic E-state index is -0.282. The number of carbonyl (C=O) groups is 1. The molecule has 0 bridgehead atoms. The number of aryl methyl sites for hydroxylation is 2. The van der Waals surface area contributed by atoms with Crippen molar-refractivity contribution in [3.8, 4) is 22.8 Å². The lowest BCUT2D eigenvalue weighted by Crippen LogP contribution is -2.23. The number of aromatic nitrogens is 6. The standard InChI is InChI=1S/C21H19N7O/c1-13-8-15(11-25-19(13)16-4-7-22-14(2)9-16)12-26-21(29)18-10-17(27-28-18)20-23-5-3-6-24-20/h3-11H,12H2,1-2H3,(H,26,29)(H,27,28). The molecule has 0 atom stereocenters. The zero-order chi connectivity index (χ0) is 20.2. The van der Waals surface area contributed by atoms with Crippen molar-refractivity contribution in [2.24, 2.45) is 0 Å². The fraction of sp³-hybridized carbons (Fsp3) is 0.143. The SMILES string of the molecule is Cc1cc(-c2ncc(CNC(=O)c3cc(-c4ncccn4)[nH]n3)cc2C)ccn1. The Morgan fingerprint density at radius 3 is 2.62 bits per heavy atom.